The minimum absolute atomic E-state index is 0.322. The van der Waals surface area contributed by atoms with Crippen molar-refractivity contribution in [2.75, 3.05) is 30.9 Å². The van der Waals surface area contributed by atoms with E-state index in [1.54, 1.807) is 38.3 Å². The van der Waals surface area contributed by atoms with E-state index >= 15 is 0 Å². The van der Waals surface area contributed by atoms with E-state index in [1.807, 2.05) is 0 Å². The van der Waals surface area contributed by atoms with Crippen LogP contribution >= 0.6 is 0 Å². The maximum absolute atomic E-state index is 13.6. The summed E-state index contributed by atoms with van der Waals surface area (Å²) in [5.74, 6) is 1.50. The van der Waals surface area contributed by atoms with Gasteiger partial charge in [-0.3, -0.25) is 0 Å². The number of ether oxygens (including phenoxy) is 1. The highest BCUT2D eigenvalue weighted by molar-refractivity contribution is 5.59. The van der Waals surface area contributed by atoms with Crippen LogP contribution in [-0.2, 0) is 4.74 Å². The van der Waals surface area contributed by atoms with Crippen LogP contribution in [-0.4, -0.2) is 30.2 Å². The Morgan fingerprint density at radius 2 is 1.95 bits per heavy atom. The Bertz CT molecular complexity index is 577. The van der Waals surface area contributed by atoms with Crippen molar-refractivity contribution in [2.24, 2.45) is 0 Å². The Morgan fingerprint density at radius 3 is 2.70 bits per heavy atom. The molecule has 2 aromatic rings. The summed E-state index contributed by atoms with van der Waals surface area (Å²) in [4.78, 5) is 8.50. The van der Waals surface area contributed by atoms with Crippen LogP contribution in [0.1, 0.15) is 5.82 Å². The number of halogens is 1. The van der Waals surface area contributed by atoms with Crippen LogP contribution in [0, 0.1) is 12.7 Å². The highest BCUT2D eigenvalue weighted by Gasteiger charge is 2.05. The largest absolute Gasteiger partial charge is 0.383 e. The number of aromatic nitrogens is 2. The number of methoxy groups -OCH3 is 1. The van der Waals surface area contributed by atoms with E-state index < -0.39 is 0 Å². The van der Waals surface area contributed by atoms with E-state index in [0.717, 1.165) is 0 Å². The third-order valence-corrected chi connectivity index (χ3v) is 2.59. The van der Waals surface area contributed by atoms with Gasteiger partial charge in [0, 0.05) is 19.7 Å². The fourth-order valence-corrected chi connectivity index (χ4v) is 1.70. The molecule has 0 saturated heterocycles. The summed E-state index contributed by atoms with van der Waals surface area (Å²) in [7, 11) is 1.64. The second-order valence-corrected chi connectivity index (χ2v) is 4.21. The first kappa shape index (κ1) is 14.2. The number of benzene rings is 1. The van der Waals surface area contributed by atoms with E-state index in [9.17, 15) is 4.39 Å². The lowest BCUT2D eigenvalue weighted by molar-refractivity contribution is 0.210. The Kier molecular flexibility index (Phi) is 4.84. The first-order valence-electron chi connectivity index (χ1n) is 6.29. The van der Waals surface area contributed by atoms with Crippen LogP contribution in [0.15, 0.2) is 30.3 Å². The minimum Gasteiger partial charge on any atom is -0.383 e. The third kappa shape index (κ3) is 3.89. The second-order valence-electron chi connectivity index (χ2n) is 4.21. The number of rotatable bonds is 6. The molecule has 2 N–H and O–H groups in total. The van der Waals surface area contributed by atoms with Gasteiger partial charge in [0.15, 0.2) is 0 Å². The number of aryl methyl sites for hydroxylation is 1. The second kappa shape index (κ2) is 6.81. The molecule has 0 bridgehead atoms. The molecule has 0 aliphatic heterocycles. The van der Waals surface area contributed by atoms with Crippen LogP contribution in [0.2, 0.25) is 0 Å². The molecule has 2 rings (SSSR count). The molecule has 0 saturated carbocycles. The van der Waals surface area contributed by atoms with Crippen LogP contribution in [0.25, 0.3) is 0 Å². The third-order valence-electron chi connectivity index (χ3n) is 2.59. The van der Waals surface area contributed by atoms with E-state index in [2.05, 4.69) is 20.6 Å². The number of nitrogens with zero attached hydrogens (tertiary/aromatic N) is 2. The van der Waals surface area contributed by atoms with Gasteiger partial charge in [0.25, 0.3) is 0 Å². The summed E-state index contributed by atoms with van der Waals surface area (Å²) in [6.07, 6.45) is 0. The number of nitrogens with one attached hydrogen (secondary N) is 2. The summed E-state index contributed by atoms with van der Waals surface area (Å²) in [6.45, 7) is 3.01. The predicted octanol–water partition coefficient (Wildman–Crippen LogP) is 2.73. The number of para-hydroxylation sites is 1. The molecule has 1 aromatic heterocycles. The van der Waals surface area contributed by atoms with Gasteiger partial charge in [0.05, 0.1) is 12.3 Å². The predicted molar refractivity (Wildman–Crippen MR) is 76.8 cm³/mol. The summed E-state index contributed by atoms with van der Waals surface area (Å²) < 4.78 is 18.6. The zero-order valence-electron chi connectivity index (χ0n) is 11.5. The molecule has 0 aliphatic rings. The molecule has 106 valence electrons. The molecule has 20 heavy (non-hydrogen) atoms. The molecule has 0 radical (unpaired) electrons. The summed E-state index contributed by atoms with van der Waals surface area (Å²) in [6, 6.07) is 8.19. The van der Waals surface area contributed by atoms with Crippen molar-refractivity contribution >= 4 is 17.3 Å². The molecule has 0 aliphatic carbocycles. The van der Waals surface area contributed by atoms with Crippen molar-refractivity contribution < 1.29 is 9.13 Å². The van der Waals surface area contributed by atoms with Crippen LogP contribution < -0.4 is 10.6 Å². The topological polar surface area (TPSA) is 59.1 Å². The maximum Gasteiger partial charge on any atom is 0.146 e. The number of hydrogen-bond acceptors (Lipinski definition) is 5. The smallest absolute Gasteiger partial charge is 0.146 e. The van der Waals surface area contributed by atoms with Gasteiger partial charge < -0.3 is 15.4 Å². The Balaban J connectivity index is 2.13. The summed E-state index contributed by atoms with van der Waals surface area (Å²) >= 11 is 0. The highest BCUT2D eigenvalue weighted by Crippen LogP contribution is 2.19. The molecule has 1 aromatic carbocycles. The monoisotopic (exact) mass is 276 g/mol. The van der Waals surface area contributed by atoms with Gasteiger partial charge in [-0.05, 0) is 19.1 Å². The lowest BCUT2D eigenvalue weighted by Gasteiger charge is -2.10. The minimum atomic E-state index is -0.322. The number of hydrogen-bond donors (Lipinski definition) is 2. The first-order valence-corrected chi connectivity index (χ1v) is 6.29. The van der Waals surface area contributed by atoms with Gasteiger partial charge >= 0.3 is 0 Å². The van der Waals surface area contributed by atoms with Crippen molar-refractivity contribution in [2.45, 2.75) is 6.92 Å². The summed E-state index contributed by atoms with van der Waals surface area (Å²) in [5, 5.41) is 6.06. The highest BCUT2D eigenvalue weighted by atomic mass is 19.1. The quantitative estimate of drug-likeness (QED) is 0.794. The van der Waals surface area contributed by atoms with Crippen molar-refractivity contribution in [3.63, 3.8) is 0 Å². The van der Waals surface area contributed by atoms with Gasteiger partial charge in [-0.2, -0.15) is 0 Å². The van der Waals surface area contributed by atoms with Gasteiger partial charge in [-0.15, -0.1) is 0 Å². The molecule has 0 amide bonds. The van der Waals surface area contributed by atoms with Crippen LogP contribution in [0.4, 0.5) is 21.7 Å². The molecule has 0 atom stereocenters. The van der Waals surface area contributed by atoms with E-state index in [4.69, 9.17) is 4.74 Å². The molecular weight excluding hydrogens is 259 g/mol. The molecule has 0 unspecified atom stereocenters. The molecular formula is C14H17FN4O. The standard InChI is InChI=1S/C14H17FN4O/c1-10-17-13(16-7-8-20-2)9-14(18-10)19-12-6-4-3-5-11(12)15/h3-6,9H,7-8H2,1-2H3,(H2,16,17,18,19). The molecule has 0 fully saturated rings. The SMILES string of the molecule is COCCNc1cc(Nc2ccccc2F)nc(C)n1. The van der Waals surface area contributed by atoms with Crippen molar-refractivity contribution in [3.05, 3.63) is 42.0 Å². The average molecular weight is 276 g/mol. The number of anilines is 3. The lowest BCUT2D eigenvalue weighted by atomic mass is 10.3. The molecule has 6 heteroatoms. The Hall–Kier alpha value is -2.21. The van der Waals surface area contributed by atoms with E-state index in [0.29, 0.717) is 36.3 Å². The summed E-state index contributed by atoms with van der Waals surface area (Å²) in [5.41, 5.74) is 0.383. The van der Waals surface area contributed by atoms with Crippen LogP contribution in [0.5, 0.6) is 0 Å². The van der Waals surface area contributed by atoms with Crippen molar-refractivity contribution in [1.82, 2.24) is 9.97 Å². The van der Waals surface area contributed by atoms with Gasteiger partial charge in [-0.25, -0.2) is 14.4 Å². The van der Waals surface area contributed by atoms with Gasteiger partial charge in [0.2, 0.25) is 0 Å². The maximum atomic E-state index is 13.6. The zero-order chi connectivity index (χ0) is 14.4. The normalized spacial score (nSPS) is 10.3. The van der Waals surface area contributed by atoms with Crippen molar-refractivity contribution in [3.8, 4) is 0 Å². The average Bonchev–Trinajstić information content (AvgIpc) is 2.41. The van der Waals surface area contributed by atoms with Gasteiger partial charge in [0.1, 0.15) is 23.3 Å². The zero-order valence-corrected chi connectivity index (χ0v) is 11.5. The Labute approximate surface area is 117 Å². The first-order chi connectivity index (χ1) is 9.69. The lowest BCUT2D eigenvalue weighted by Crippen LogP contribution is -2.10. The van der Waals surface area contributed by atoms with E-state index in [1.165, 1.54) is 6.07 Å². The molecule has 0 spiro atoms. The Morgan fingerprint density at radius 1 is 1.20 bits per heavy atom. The van der Waals surface area contributed by atoms with Gasteiger partial charge in [-0.1, -0.05) is 12.1 Å². The fraction of sp³-hybridized carbons (Fsp3) is 0.286. The fourth-order valence-electron chi connectivity index (χ4n) is 1.70. The van der Waals surface area contributed by atoms with Crippen molar-refractivity contribution in [1.29, 1.82) is 0 Å². The molecule has 1 heterocycles. The van der Waals surface area contributed by atoms with E-state index in [-0.39, 0.29) is 5.82 Å². The van der Waals surface area contributed by atoms with Crippen LogP contribution in [0.3, 0.4) is 0 Å². The molecule has 5 nitrogen and oxygen atoms in total.